The van der Waals surface area contributed by atoms with Gasteiger partial charge in [0.15, 0.2) is 4.32 Å². The fourth-order valence-electron chi connectivity index (χ4n) is 3.98. The van der Waals surface area contributed by atoms with Crippen molar-refractivity contribution in [3.05, 3.63) is 93.9 Å². The first-order chi connectivity index (χ1) is 16.9. The highest BCUT2D eigenvalue weighted by molar-refractivity contribution is 8.27. The van der Waals surface area contributed by atoms with Crippen LogP contribution in [0.2, 0.25) is 0 Å². The van der Waals surface area contributed by atoms with Crippen molar-refractivity contribution in [1.82, 2.24) is 0 Å². The summed E-state index contributed by atoms with van der Waals surface area (Å²) in [5.41, 5.74) is 6.16. The number of ether oxygens (including phenoxy) is 1. The maximum absolute atomic E-state index is 13.4. The van der Waals surface area contributed by atoms with E-state index in [1.165, 1.54) is 17.3 Å². The molecule has 1 fully saturated rings. The second-order valence-electron chi connectivity index (χ2n) is 8.45. The molecule has 0 saturated carbocycles. The summed E-state index contributed by atoms with van der Waals surface area (Å²) in [6.45, 7) is 10.6. The van der Waals surface area contributed by atoms with Crippen LogP contribution in [0.4, 0.5) is 11.4 Å². The van der Waals surface area contributed by atoms with Crippen LogP contribution >= 0.6 is 24.0 Å². The van der Waals surface area contributed by atoms with Crippen LogP contribution in [0.1, 0.15) is 36.1 Å². The number of nitrogens with zero attached hydrogens (tertiary/aromatic N) is 2. The lowest BCUT2D eigenvalue weighted by atomic mass is 10.1. The highest BCUT2D eigenvalue weighted by atomic mass is 32.2. The number of thiocarbonyl (C=S) groups is 1. The van der Waals surface area contributed by atoms with E-state index in [4.69, 9.17) is 17.0 Å². The molecule has 0 unspecified atom stereocenters. The largest absolute Gasteiger partial charge is 0.488 e. The van der Waals surface area contributed by atoms with Gasteiger partial charge in [-0.2, -0.15) is 0 Å². The minimum atomic E-state index is -0.106. The van der Waals surface area contributed by atoms with Gasteiger partial charge in [0.05, 0.1) is 10.6 Å². The van der Waals surface area contributed by atoms with E-state index in [0.717, 1.165) is 46.9 Å². The number of rotatable bonds is 8. The Kier molecular flexibility index (Phi) is 7.93. The lowest BCUT2D eigenvalue weighted by Crippen LogP contribution is -2.27. The molecule has 4 rings (SSSR count). The SMILES string of the molecule is CCN(CC)c1ccc(/C=C2/SC(=S)N(c3ccc(C)c(C)c3)C2=O)c(OCc2ccccc2)c1. The summed E-state index contributed by atoms with van der Waals surface area (Å²) in [5, 5.41) is 0. The first-order valence-corrected chi connectivity index (χ1v) is 13.0. The van der Waals surface area contributed by atoms with E-state index >= 15 is 0 Å². The molecule has 0 aliphatic carbocycles. The van der Waals surface area contributed by atoms with Crippen LogP contribution in [0.5, 0.6) is 5.75 Å². The van der Waals surface area contributed by atoms with Crippen molar-refractivity contribution in [3.63, 3.8) is 0 Å². The van der Waals surface area contributed by atoms with Gasteiger partial charge < -0.3 is 9.64 Å². The molecule has 4 nitrogen and oxygen atoms in total. The van der Waals surface area contributed by atoms with Crippen LogP contribution in [0.3, 0.4) is 0 Å². The summed E-state index contributed by atoms with van der Waals surface area (Å²) >= 11 is 6.92. The van der Waals surface area contributed by atoms with Gasteiger partial charge in [-0.15, -0.1) is 0 Å². The summed E-state index contributed by atoms with van der Waals surface area (Å²) < 4.78 is 6.82. The average Bonchev–Trinajstić information content (AvgIpc) is 3.14. The molecule has 1 aliphatic heterocycles. The van der Waals surface area contributed by atoms with E-state index in [-0.39, 0.29) is 5.91 Å². The highest BCUT2D eigenvalue weighted by Crippen LogP contribution is 2.38. The Labute approximate surface area is 217 Å². The van der Waals surface area contributed by atoms with Crippen molar-refractivity contribution < 1.29 is 9.53 Å². The summed E-state index contributed by atoms with van der Waals surface area (Å²) in [6, 6.07) is 22.2. The van der Waals surface area contributed by atoms with Crippen LogP contribution in [0.15, 0.2) is 71.6 Å². The number of amides is 1. The van der Waals surface area contributed by atoms with Crippen LogP contribution in [0, 0.1) is 13.8 Å². The van der Waals surface area contributed by atoms with Crippen LogP contribution in [-0.4, -0.2) is 23.3 Å². The molecule has 0 radical (unpaired) electrons. The standard InChI is InChI=1S/C29H30N2O2S2/c1-5-30(6-2)24-15-13-23(26(18-24)33-19-22-10-8-7-9-11-22)17-27-28(32)31(29(34)35-27)25-14-12-20(3)21(4)16-25/h7-18H,5-6,19H2,1-4H3/b27-17+. The zero-order valence-electron chi connectivity index (χ0n) is 20.6. The molecular formula is C29H30N2O2S2. The molecule has 3 aromatic carbocycles. The number of carbonyl (C=O) groups is 1. The number of aryl methyl sites for hydroxylation is 2. The van der Waals surface area contributed by atoms with E-state index < -0.39 is 0 Å². The Hall–Kier alpha value is -3.09. The number of thioether (sulfide) groups is 1. The van der Waals surface area contributed by atoms with Crippen LogP contribution < -0.4 is 14.5 Å². The first kappa shape index (κ1) is 25.0. The van der Waals surface area contributed by atoms with Crippen molar-refractivity contribution >= 4 is 51.7 Å². The number of hydrogen-bond acceptors (Lipinski definition) is 5. The van der Waals surface area contributed by atoms with Gasteiger partial charge in [0, 0.05) is 30.4 Å². The molecule has 0 bridgehead atoms. The number of carbonyl (C=O) groups excluding carboxylic acids is 1. The van der Waals surface area contributed by atoms with Crippen molar-refractivity contribution in [1.29, 1.82) is 0 Å². The number of anilines is 2. The highest BCUT2D eigenvalue weighted by Gasteiger charge is 2.33. The molecule has 0 aromatic heterocycles. The minimum absolute atomic E-state index is 0.106. The average molecular weight is 503 g/mol. The van der Waals surface area contributed by atoms with E-state index in [0.29, 0.717) is 15.8 Å². The maximum atomic E-state index is 13.4. The molecule has 1 heterocycles. The molecule has 0 atom stereocenters. The van der Waals surface area contributed by atoms with Gasteiger partial charge in [0.2, 0.25) is 0 Å². The molecule has 3 aromatic rings. The van der Waals surface area contributed by atoms with Crippen LogP contribution in [-0.2, 0) is 11.4 Å². The lowest BCUT2D eigenvalue weighted by molar-refractivity contribution is -0.113. The monoisotopic (exact) mass is 502 g/mol. The smallest absolute Gasteiger partial charge is 0.270 e. The first-order valence-electron chi connectivity index (χ1n) is 11.8. The van der Waals surface area contributed by atoms with E-state index in [9.17, 15) is 4.79 Å². The molecule has 0 spiro atoms. The maximum Gasteiger partial charge on any atom is 0.270 e. The predicted molar refractivity (Wildman–Crippen MR) is 152 cm³/mol. The summed E-state index contributed by atoms with van der Waals surface area (Å²) in [5.74, 6) is 0.639. The molecule has 1 aliphatic rings. The van der Waals surface area contributed by atoms with Gasteiger partial charge in [-0.3, -0.25) is 9.69 Å². The fraction of sp³-hybridized carbons (Fsp3) is 0.241. The normalized spacial score (nSPS) is 14.6. The molecule has 35 heavy (non-hydrogen) atoms. The Morgan fingerprint density at radius 2 is 1.71 bits per heavy atom. The zero-order chi connectivity index (χ0) is 24.9. The molecular weight excluding hydrogens is 472 g/mol. The van der Waals surface area contributed by atoms with Crippen LogP contribution in [0.25, 0.3) is 6.08 Å². The summed E-state index contributed by atoms with van der Waals surface area (Å²) in [4.78, 5) is 17.9. The van der Waals surface area contributed by atoms with Crippen molar-refractivity contribution in [3.8, 4) is 5.75 Å². The molecule has 1 saturated heterocycles. The number of benzene rings is 3. The molecule has 0 N–H and O–H groups in total. The summed E-state index contributed by atoms with van der Waals surface area (Å²) in [6.07, 6.45) is 1.90. The fourth-order valence-corrected chi connectivity index (χ4v) is 5.27. The van der Waals surface area contributed by atoms with Gasteiger partial charge in [-0.25, -0.2) is 0 Å². The molecule has 1 amide bonds. The quantitative estimate of drug-likeness (QED) is 0.242. The topological polar surface area (TPSA) is 32.8 Å². The van der Waals surface area contributed by atoms with Gasteiger partial charge in [-0.1, -0.05) is 60.4 Å². The third-order valence-electron chi connectivity index (χ3n) is 6.19. The predicted octanol–water partition coefficient (Wildman–Crippen LogP) is 7.13. The zero-order valence-corrected chi connectivity index (χ0v) is 22.2. The van der Waals surface area contributed by atoms with Crippen molar-refractivity contribution in [2.45, 2.75) is 34.3 Å². The second-order valence-corrected chi connectivity index (χ2v) is 10.1. The Morgan fingerprint density at radius 1 is 0.971 bits per heavy atom. The molecule has 6 heteroatoms. The van der Waals surface area contributed by atoms with E-state index in [1.54, 1.807) is 4.90 Å². The third kappa shape index (κ3) is 5.60. The van der Waals surface area contributed by atoms with Gasteiger partial charge in [0.25, 0.3) is 5.91 Å². The third-order valence-corrected chi connectivity index (χ3v) is 7.49. The van der Waals surface area contributed by atoms with Gasteiger partial charge >= 0.3 is 0 Å². The van der Waals surface area contributed by atoms with Crippen molar-refractivity contribution in [2.24, 2.45) is 0 Å². The number of hydrogen-bond donors (Lipinski definition) is 0. The Balaban J connectivity index is 1.67. The van der Waals surface area contributed by atoms with Gasteiger partial charge in [0.1, 0.15) is 12.4 Å². The van der Waals surface area contributed by atoms with Gasteiger partial charge in [-0.05, 0) is 74.7 Å². The Bertz CT molecular complexity index is 1270. The Morgan fingerprint density at radius 3 is 2.40 bits per heavy atom. The lowest BCUT2D eigenvalue weighted by Gasteiger charge is -2.22. The second kappa shape index (κ2) is 11.1. The van der Waals surface area contributed by atoms with Crippen molar-refractivity contribution in [2.75, 3.05) is 22.9 Å². The van der Waals surface area contributed by atoms with E-state index in [1.807, 2.05) is 67.6 Å². The van der Waals surface area contributed by atoms with E-state index in [2.05, 4.69) is 37.8 Å². The summed E-state index contributed by atoms with van der Waals surface area (Å²) in [7, 11) is 0. The molecule has 180 valence electrons. The minimum Gasteiger partial charge on any atom is -0.488 e.